The Hall–Kier alpha value is -1.33. The molecule has 1 aliphatic rings. The Balaban J connectivity index is 1.81. The second-order valence-electron chi connectivity index (χ2n) is 6.01. The van der Waals surface area contributed by atoms with E-state index >= 15 is 0 Å². The zero-order chi connectivity index (χ0) is 15.2. The van der Waals surface area contributed by atoms with E-state index in [1.165, 1.54) is 6.42 Å². The highest BCUT2D eigenvalue weighted by Crippen LogP contribution is 2.13. The molecule has 0 bridgehead atoms. The molecule has 0 saturated carbocycles. The van der Waals surface area contributed by atoms with E-state index in [4.69, 9.17) is 4.42 Å². The van der Waals surface area contributed by atoms with Crippen molar-refractivity contribution in [2.75, 3.05) is 33.7 Å². The largest absolute Gasteiger partial charge is 0.464 e. The Kier molecular flexibility index (Phi) is 5.82. The van der Waals surface area contributed by atoms with Crippen LogP contribution in [-0.2, 0) is 11.3 Å². The maximum absolute atomic E-state index is 12.3. The first kappa shape index (κ1) is 16.0. The highest BCUT2D eigenvalue weighted by molar-refractivity contribution is 5.77. The molecule has 1 unspecified atom stereocenters. The van der Waals surface area contributed by atoms with E-state index in [1.54, 1.807) is 4.90 Å². The van der Waals surface area contributed by atoms with Crippen LogP contribution in [0.1, 0.15) is 30.8 Å². The van der Waals surface area contributed by atoms with Gasteiger partial charge in [-0.15, -0.1) is 0 Å². The number of hydrogen-bond acceptors (Lipinski definition) is 4. The number of nitrogens with zero attached hydrogens (tertiary/aromatic N) is 2. The molecule has 0 radical (unpaired) electrons. The van der Waals surface area contributed by atoms with Crippen LogP contribution < -0.4 is 5.32 Å². The summed E-state index contributed by atoms with van der Waals surface area (Å²) in [5.41, 5.74) is 0. The molecule has 5 nitrogen and oxygen atoms in total. The highest BCUT2D eigenvalue weighted by Gasteiger charge is 2.20. The molecule has 118 valence electrons. The number of rotatable bonds is 5. The van der Waals surface area contributed by atoms with Gasteiger partial charge in [-0.1, -0.05) is 0 Å². The Labute approximate surface area is 127 Å². The summed E-state index contributed by atoms with van der Waals surface area (Å²) in [6.07, 6.45) is 3.47. The molecule has 2 heterocycles. The molecule has 0 aromatic carbocycles. The Bertz CT molecular complexity index is 450. The van der Waals surface area contributed by atoms with Gasteiger partial charge in [0.15, 0.2) is 0 Å². The molecule has 0 aliphatic carbocycles. The average Bonchev–Trinajstić information content (AvgIpc) is 2.70. The second-order valence-corrected chi connectivity index (χ2v) is 6.01. The number of amides is 1. The minimum Gasteiger partial charge on any atom is -0.464 e. The van der Waals surface area contributed by atoms with Crippen molar-refractivity contribution < 1.29 is 9.21 Å². The normalized spacial score (nSPS) is 19.5. The van der Waals surface area contributed by atoms with Gasteiger partial charge in [0.25, 0.3) is 0 Å². The minimum atomic E-state index is 0.142. The second kappa shape index (κ2) is 7.61. The third kappa shape index (κ3) is 4.86. The number of carbonyl (C=O) groups is 1. The summed E-state index contributed by atoms with van der Waals surface area (Å²) in [7, 11) is 3.89. The van der Waals surface area contributed by atoms with E-state index in [-0.39, 0.29) is 5.91 Å². The quantitative estimate of drug-likeness (QED) is 0.896. The molecule has 1 fully saturated rings. The van der Waals surface area contributed by atoms with E-state index in [1.807, 2.05) is 26.1 Å². The molecule has 1 saturated heterocycles. The molecule has 5 heteroatoms. The Morgan fingerprint density at radius 3 is 2.86 bits per heavy atom. The van der Waals surface area contributed by atoms with Gasteiger partial charge >= 0.3 is 0 Å². The van der Waals surface area contributed by atoms with Crippen LogP contribution >= 0.6 is 0 Å². The maximum Gasteiger partial charge on any atom is 0.236 e. The summed E-state index contributed by atoms with van der Waals surface area (Å²) in [5.74, 6) is 1.86. The van der Waals surface area contributed by atoms with Crippen molar-refractivity contribution in [2.24, 2.45) is 0 Å². The summed E-state index contributed by atoms with van der Waals surface area (Å²) in [6.45, 7) is 5.06. The molecule has 1 aromatic heterocycles. The van der Waals surface area contributed by atoms with E-state index < -0.39 is 0 Å². The zero-order valence-electron chi connectivity index (χ0n) is 13.4. The molecule has 2 rings (SSSR count). The van der Waals surface area contributed by atoms with Gasteiger partial charge < -0.3 is 14.6 Å². The van der Waals surface area contributed by atoms with Crippen LogP contribution in [0.25, 0.3) is 0 Å². The predicted molar refractivity (Wildman–Crippen MR) is 83.1 cm³/mol. The molecule has 21 heavy (non-hydrogen) atoms. The number of aryl methyl sites for hydroxylation is 1. The topological polar surface area (TPSA) is 48.7 Å². The zero-order valence-corrected chi connectivity index (χ0v) is 13.4. The van der Waals surface area contributed by atoms with Crippen LogP contribution in [0.3, 0.4) is 0 Å². The molecule has 1 amide bonds. The highest BCUT2D eigenvalue weighted by atomic mass is 16.3. The van der Waals surface area contributed by atoms with Crippen LogP contribution in [0.2, 0.25) is 0 Å². The molecular weight excluding hydrogens is 266 g/mol. The number of nitrogens with one attached hydrogen (secondary N) is 1. The lowest BCUT2D eigenvalue weighted by molar-refractivity contribution is -0.132. The fourth-order valence-corrected chi connectivity index (χ4v) is 2.80. The summed E-state index contributed by atoms with van der Waals surface area (Å²) in [5, 5.41) is 3.41. The first-order valence-corrected chi connectivity index (χ1v) is 7.76. The van der Waals surface area contributed by atoms with Gasteiger partial charge in [-0.05, 0) is 58.5 Å². The van der Waals surface area contributed by atoms with Crippen molar-refractivity contribution in [3.63, 3.8) is 0 Å². The monoisotopic (exact) mass is 293 g/mol. The van der Waals surface area contributed by atoms with Gasteiger partial charge in [0.2, 0.25) is 5.91 Å². The number of hydrogen-bond donors (Lipinski definition) is 1. The van der Waals surface area contributed by atoms with Crippen molar-refractivity contribution in [1.82, 2.24) is 15.1 Å². The number of carbonyl (C=O) groups excluding carboxylic acids is 1. The van der Waals surface area contributed by atoms with Gasteiger partial charge in [-0.2, -0.15) is 0 Å². The van der Waals surface area contributed by atoms with Gasteiger partial charge in [0.05, 0.1) is 13.1 Å². The smallest absolute Gasteiger partial charge is 0.236 e. The minimum absolute atomic E-state index is 0.142. The van der Waals surface area contributed by atoms with Crippen LogP contribution in [0.15, 0.2) is 16.5 Å². The van der Waals surface area contributed by atoms with Crippen molar-refractivity contribution in [3.8, 4) is 0 Å². The SMILES string of the molecule is Cc1ccc(CN(C)C(=O)CN(C)C2CCCNCC2)o1. The summed E-state index contributed by atoms with van der Waals surface area (Å²) in [4.78, 5) is 16.3. The van der Waals surface area contributed by atoms with Crippen molar-refractivity contribution >= 4 is 5.91 Å². The third-order valence-electron chi connectivity index (χ3n) is 4.17. The van der Waals surface area contributed by atoms with Crippen LogP contribution in [-0.4, -0.2) is 55.5 Å². The van der Waals surface area contributed by atoms with Crippen LogP contribution in [0.4, 0.5) is 0 Å². The maximum atomic E-state index is 12.3. The van der Waals surface area contributed by atoms with E-state index in [0.717, 1.165) is 37.5 Å². The van der Waals surface area contributed by atoms with E-state index in [9.17, 15) is 4.79 Å². The summed E-state index contributed by atoms with van der Waals surface area (Å²) < 4.78 is 5.53. The average molecular weight is 293 g/mol. The predicted octanol–water partition coefficient (Wildman–Crippen LogP) is 1.62. The van der Waals surface area contributed by atoms with Gasteiger partial charge in [0, 0.05) is 13.1 Å². The lowest BCUT2D eigenvalue weighted by Gasteiger charge is -2.28. The van der Waals surface area contributed by atoms with Crippen molar-refractivity contribution in [3.05, 3.63) is 23.7 Å². The molecular formula is C16H27N3O2. The Morgan fingerprint density at radius 1 is 1.33 bits per heavy atom. The van der Waals surface area contributed by atoms with Crippen molar-refractivity contribution in [2.45, 2.75) is 38.8 Å². The van der Waals surface area contributed by atoms with Gasteiger partial charge in [-0.25, -0.2) is 0 Å². The lowest BCUT2D eigenvalue weighted by Crippen LogP contribution is -2.41. The summed E-state index contributed by atoms with van der Waals surface area (Å²) >= 11 is 0. The molecule has 0 spiro atoms. The molecule has 1 atom stereocenters. The lowest BCUT2D eigenvalue weighted by atomic mass is 10.1. The standard InChI is InChI=1S/C16H27N3O2/c1-13-6-7-15(21-13)11-19(3)16(20)12-18(2)14-5-4-9-17-10-8-14/h6-7,14,17H,4-5,8-12H2,1-3H3. The molecule has 1 aromatic rings. The van der Waals surface area contributed by atoms with Gasteiger partial charge in [0.1, 0.15) is 11.5 Å². The molecule has 1 aliphatic heterocycles. The number of furan rings is 1. The summed E-state index contributed by atoms with van der Waals surface area (Å²) in [6, 6.07) is 4.36. The van der Waals surface area contributed by atoms with E-state index in [0.29, 0.717) is 19.1 Å². The fraction of sp³-hybridized carbons (Fsp3) is 0.688. The fourth-order valence-electron chi connectivity index (χ4n) is 2.80. The van der Waals surface area contributed by atoms with Crippen molar-refractivity contribution in [1.29, 1.82) is 0 Å². The van der Waals surface area contributed by atoms with Gasteiger partial charge in [-0.3, -0.25) is 9.69 Å². The number of likely N-dealkylation sites (N-methyl/N-ethyl adjacent to an activating group) is 2. The Morgan fingerprint density at radius 2 is 2.14 bits per heavy atom. The molecule has 1 N–H and O–H groups in total. The van der Waals surface area contributed by atoms with Crippen LogP contribution in [0.5, 0.6) is 0 Å². The first-order chi connectivity index (χ1) is 10.1. The van der Waals surface area contributed by atoms with E-state index in [2.05, 4.69) is 17.3 Å². The third-order valence-corrected chi connectivity index (χ3v) is 4.17. The van der Waals surface area contributed by atoms with Crippen LogP contribution in [0, 0.1) is 6.92 Å². The first-order valence-electron chi connectivity index (χ1n) is 7.76.